The van der Waals surface area contributed by atoms with Gasteiger partial charge in [0.1, 0.15) is 10.8 Å². The molecule has 26 heavy (non-hydrogen) atoms. The molecule has 1 atom stereocenters. The van der Waals surface area contributed by atoms with Crippen molar-refractivity contribution in [3.05, 3.63) is 46.2 Å². The lowest BCUT2D eigenvalue weighted by Gasteiger charge is -2.33. The number of carbonyl (C=O) groups is 1. The van der Waals surface area contributed by atoms with E-state index in [2.05, 4.69) is 44.8 Å². The number of fused-ring (bicyclic) bond motifs is 1. The number of ketones is 1. The highest BCUT2D eigenvalue weighted by molar-refractivity contribution is 7.11. The van der Waals surface area contributed by atoms with Gasteiger partial charge in [0, 0.05) is 43.6 Å². The lowest BCUT2D eigenvalue weighted by Crippen LogP contribution is -2.33. The summed E-state index contributed by atoms with van der Waals surface area (Å²) in [6, 6.07) is 4.28. The van der Waals surface area contributed by atoms with Crippen molar-refractivity contribution in [2.75, 3.05) is 13.1 Å². The van der Waals surface area contributed by atoms with Gasteiger partial charge in [0.15, 0.2) is 0 Å². The molecule has 3 aromatic heterocycles. The molecule has 136 valence electrons. The number of carbonyl (C=O) groups excluding carboxylic acids is 1. The molecule has 3 aromatic rings. The topological polar surface area (TPSA) is 51.0 Å². The quantitative estimate of drug-likeness (QED) is 0.691. The van der Waals surface area contributed by atoms with Crippen molar-refractivity contribution in [1.29, 1.82) is 0 Å². The van der Waals surface area contributed by atoms with Crippen LogP contribution in [0.15, 0.2) is 30.7 Å². The van der Waals surface area contributed by atoms with Gasteiger partial charge in [-0.3, -0.25) is 14.7 Å². The highest BCUT2D eigenvalue weighted by Gasteiger charge is 2.24. The summed E-state index contributed by atoms with van der Waals surface area (Å²) in [5.41, 5.74) is 3.76. The maximum Gasteiger partial charge on any atom is 0.136 e. The number of Topliss-reactive ketones (excluding diaryl/α,β-unsaturated/α-hetero) is 1. The number of hydrogen-bond acceptors (Lipinski definition) is 5. The number of thiazole rings is 1. The van der Waals surface area contributed by atoms with Crippen LogP contribution in [0.2, 0.25) is 0 Å². The maximum atomic E-state index is 11.3. The Bertz CT molecular complexity index is 929. The molecule has 6 heteroatoms. The smallest absolute Gasteiger partial charge is 0.136 e. The fourth-order valence-electron chi connectivity index (χ4n) is 3.97. The molecule has 1 aliphatic heterocycles. The van der Waals surface area contributed by atoms with Gasteiger partial charge in [0.25, 0.3) is 0 Å². The molecule has 0 N–H and O–H groups in total. The fraction of sp³-hybridized carbons (Fsp3) is 0.450. The van der Waals surface area contributed by atoms with Crippen LogP contribution in [0.25, 0.3) is 11.0 Å². The number of pyridine rings is 1. The second-order valence-electron chi connectivity index (χ2n) is 7.23. The Morgan fingerprint density at radius 3 is 3.08 bits per heavy atom. The van der Waals surface area contributed by atoms with E-state index in [-0.39, 0.29) is 5.78 Å². The van der Waals surface area contributed by atoms with Gasteiger partial charge in [-0.25, -0.2) is 4.98 Å². The van der Waals surface area contributed by atoms with Gasteiger partial charge in [-0.05, 0) is 49.9 Å². The number of likely N-dealkylation sites (tertiary alicyclic amines) is 1. The Hall–Kier alpha value is -2.05. The molecule has 0 unspecified atom stereocenters. The van der Waals surface area contributed by atoms with E-state index < -0.39 is 0 Å². The van der Waals surface area contributed by atoms with Gasteiger partial charge >= 0.3 is 0 Å². The Morgan fingerprint density at radius 2 is 2.23 bits per heavy atom. The number of hydrogen-bond donors (Lipinski definition) is 0. The number of aromatic nitrogens is 3. The van der Waals surface area contributed by atoms with Crippen molar-refractivity contribution in [3.8, 4) is 0 Å². The maximum absolute atomic E-state index is 11.3. The van der Waals surface area contributed by atoms with E-state index in [0.717, 1.165) is 30.2 Å². The molecule has 0 spiro atoms. The standard InChI is InChI=1S/C20H24N4OS/c1-14(25)10-19-22-11-16(26-19)13-24-8-3-4-15(12-24)17-5-7-21-18-6-9-23(2)20(17)18/h5-7,9,11,15H,3-4,8,10,12-13H2,1-2H3/t15-/m1/s1. The molecule has 1 fully saturated rings. The monoisotopic (exact) mass is 368 g/mol. The molecule has 1 aliphatic rings. The highest BCUT2D eigenvalue weighted by Crippen LogP contribution is 2.32. The lowest BCUT2D eigenvalue weighted by atomic mass is 9.90. The van der Waals surface area contributed by atoms with E-state index >= 15 is 0 Å². The molecule has 0 aliphatic carbocycles. The SMILES string of the molecule is CC(=O)Cc1ncc(CN2CCC[C@@H](c3ccnc4ccn(C)c34)C2)s1. The molecule has 0 bridgehead atoms. The van der Waals surface area contributed by atoms with Gasteiger partial charge in [-0.2, -0.15) is 0 Å². The normalized spacial score (nSPS) is 18.5. The van der Waals surface area contributed by atoms with Crippen molar-refractivity contribution in [3.63, 3.8) is 0 Å². The molecule has 0 saturated carbocycles. The first-order valence-corrected chi connectivity index (χ1v) is 9.97. The van der Waals surface area contributed by atoms with Gasteiger partial charge in [0.05, 0.1) is 17.5 Å². The van der Waals surface area contributed by atoms with E-state index in [4.69, 9.17) is 0 Å². The van der Waals surface area contributed by atoms with Gasteiger partial charge in [-0.1, -0.05) is 0 Å². The second kappa shape index (κ2) is 7.29. The fourth-order valence-corrected chi connectivity index (χ4v) is 5.00. The summed E-state index contributed by atoms with van der Waals surface area (Å²) >= 11 is 1.67. The Labute approximate surface area is 157 Å². The zero-order valence-electron chi connectivity index (χ0n) is 15.3. The molecule has 4 rings (SSSR count). The molecule has 4 heterocycles. The van der Waals surface area contributed by atoms with Gasteiger partial charge in [-0.15, -0.1) is 11.3 Å². The minimum atomic E-state index is 0.174. The summed E-state index contributed by atoms with van der Waals surface area (Å²) in [5, 5.41) is 0.931. The van der Waals surface area contributed by atoms with Gasteiger partial charge in [0.2, 0.25) is 0 Å². The average molecular weight is 369 g/mol. The van der Waals surface area contributed by atoms with E-state index in [1.54, 1.807) is 18.3 Å². The molecule has 0 aromatic carbocycles. The average Bonchev–Trinajstić information content (AvgIpc) is 3.21. The van der Waals surface area contributed by atoms with Crippen molar-refractivity contribution in [2.45, 2.75) is 38.6 Å². The predicted molar refractivity (Wildman–Crippen MR) is 104 cm³/mol. The summed E-state index contributed by atoms with van der Waals surface area (Å²) in [4.78, 5) is 24.0. The third-order valence-corrected chi connectivity index (χ3v) is 6.10. The summed E-state index contributed by atoms with van der Waals surface area (Å²) in [6.45, 7) is 4.73. The van der Waals surface area contributed by atoms with Crippen molar-refractivity contribution >= 4 is 28.2 Å². The third-order valence-electron chi connectivity index (χ3n) is 5.12. The van der Waals surface area contributed by atoms with Gasteiger partial charge < -0.3 is 4.57 Å². The minimum absolute atomic E-state index is 0.174. The van der Waals surface area contributed by atoms with Crippen LogP contribution in [0.5, 0.6) is 0 Å². The molecular formula is C20H24N4OS. The Kier molecular flexibility index (Phi) is 4.87. The summed E-state index contributed by atoms with van der Waals surface area (Å²) < 4.78 is 2.19. The van der Waals surface area contributed by atoms with E-state index in [1.165, 1.54) is 28.8 Å². The summed E-state index contributed by atoms with van der Waals surface area (Å²) in [6.07, 6.45) is 8.85. The van der Waals surface area contributed by atoms with Crippen LogP contribution in [-0.4, -0.2) is 38.3 Å². The van der Waals surface area contributed by atoms with Crippen LogP contribution in [0.3, 0.4) is 0 Å². The van der Waals surface area contributed by atoms with Crippen LogP contribution in [-0.2, 0) is 24.8 Å². The largest absolute Gasteiger partial charge is 0.349 e. The van der Waals surface area contributed by atoms with Crippen LogP contribution in [0, 0.1) is 0 Å². The van der Waals surface area contributed by atoms with Crippen molar-refractivity contribution in [2.24, 2.45) is 7.05 Å². The zero-order valence-corrected chi connectivity index (χ0v) is 16.1. The number of aryl methyl sites for hydroxylation is 1. The number of rotatable bonds is 5. The van der Waals surface area contributed by atoms with Crippen LogP contribution >= 0.6 is 11.3 Å². The van der Waals surface area contributed by atoms with E-state index in [9.17, 15) is 4.79 Å². The minimum Gasteiger partial charge on any atom is -0.349 e. The lowest BCUT2D eigenvalue weighted by molar-refractivity contribution is -0.116. The molecule has 0 radical (unpaired) electrons. The summed E-state index contributed by atoms with van der Waals surface area (Å²) in [5.74, 6) is 0.709. The third kappa shape index (κ3) is 3.57. The van der Waals surface area contributed by atoms with Crippen LogP contribution < -0.4 is 0 Å². The molecular weight excluding hydrogens is 344 g/mol. The molecule has 5 nitrogen and oxygen atoms in total. The summed E-state index contributed by atoms with van der Waals surface area (Å²) in [7, 11) is 2.10. The Morgan fingerprint density at radius 1 is 1.35 bits per heavy atom. The predicted octanol–water partition coefficient (Wildman–Crippen LogP) is 3.54. The Balaban J connectivity index is 1.50. The van der Waals surface area contributed by atoms with Crippen molar-refractivity contribution in [1.82, 2.24) is 19.4 Å². The molecule has 1 saturated heterocycles. The first-order chi connectivity index (χ1) is 12.6. The van der Waals surface area contributed by atoms with Crippen LogP contribution in [0.1, 0.15) is 41.1 Å². The molecule has 0 amide bonds. The van der Waals surface area contributed by atoms with E-state index in [1.807, 2.05) is 12.4 Å². The second-order valence-corrected chi connectivity index (χ2v) is 8.43. The number of nitrogens with zero attached hydrogens (tertiary/aromatic N) is 4. The highest BCUT2D eigenvalue weighted by atomic mass is 32.1. The van der Waals surface area contributed by atoms with Crippen molar-refractivity contribution < 1.29 is 4.79 Å². The first-order valence-electron chi connectivity index (χ1n) is 9.15. The van der Waals surface area contributed by atoms with Crippen LogP contribution in [0.4, 0.5) is 0 Å². The van der Waals surface area contributed by atoms with E-state index in [0.29, 0.717) is 12.3 Å². The zero-order chi connectivity index (χ0) is 18.1. The first kappa shape index (κ1) is 17.4. The number of piperidine rings is 1.